The highest BCUT2D eigenvalue weighted by molar-refractivity contribution is 5.73. The summed E-state index contributed by atoms with van der Waals surface area (Å²) in [5, 5.41) is 7.23. The van der Waals surface area contributed by atoms with Crippen molar-refractivity contribution in [2.24, 2.45) is 0 Å². The maximum atomic E-state index is 4.98. The lowest BCUT2D eigenvalue weighted by molar-refractivity contribution is 0.422. The Kier molecular flexibility index (Phi) is 2.72. The zero-order chi connectivity index (χ0) is 10.7. The molecule has 0 amide bonds. The Morgan fingerprint density at radius 2 is 2.27 bits per heavy atom. The van der Waals surface area contributed by atoms with Crippen LogP contribution in [0.1, 0.15) is 12.5 Å². The van der Waals surface area contributed by atoms with Crippen LogP contribution in [0.3, 0.4) is 0 Å². The second-order valence-corrected chi connectivity index (χ2v) is 3.48. The van der Waals surface area contributed by atoms with Crippen LogP contribution in [0.5, 0.6) is 0 Å². The first kappa shape index (κ1) is 9.77. The van der Waals surface area contributed by atoms with Crippen LogP contribution in [-0.2, 0) is 0 Å². The van der Waals surface area contributed by atoms with Gasteiger partial charge in [-0.05, 0) is 19.9 Å². The number of benzene rings is 1. The number of anilines is 1. The van der Waals surface area contributed by atoms with Crippen molar-refractivity contribution in [3.8, 4) is 11.3 Å². The molecule has 15 heavy (non-hydrogen) atoms. The fraction of sp³-hybridized carbons (Fsp3) is 0.250. The molecule has 2 aromatic rings. The van der Waals surface area contributed by atoms with Crippen molar-refractivity contribution in [1.29, 1.82) is 0 Å². The van der Waals surface area contributed by atoms with Gasteiger partial charge in [-0.25, -0.2) is 0 Å². The van der Waals surface area contributed by atoms with E-state index in [4.69, 9.17) is 4.52 Å². The number of nitrogens with zero attached hydrogens (tertiary/aromatic N) is 1. The highest BCUT2D eigenvalue weighted by Gasteiger charge is 2.08. The first-order valence-corrected chi connectivity index (χ1v) is 5.06. The SMILES string of the molecule is CCNc1conc1-c1cccc(C)c1. The van der Waals surface area contributed by atoms with Gasteiger partial charge in [-0.1, -0.05) is 28.9 Å². The molecular formula is C12H14N2O. The molecule has 3 heteroatoms. The van der Waals surface area contributed by atoms with Crippen LogP contribution in [0.4, 0.5) is 5.69 Å². The van der Waals surface area contributed by atoms with Gasteiger partial charge < -0.3 is 9.84 Å². The van der Waals surface area contributed by atoms with Crippen molar-refractivity contribution >= 4 is 5.69 Å². The molecule has 0 unspecified atom stereocenters. The summed E-state index contributed by atoms with van der Waals surface area (Å²) in [6.45, 7) is 4.98. The van der Waals surface area contributed by atoms with Gasteiger partial charge in [0.1, 0.15) is 17.6 Å². The third-order valence-corrected chi connectivity index (χ3v) is 2.23. The summed E-state index contributed by atoms with van der Waals surface area (Å²) in [4.78, 5) is 0. The smallest absolute Gasteiger partial charge is 0.147 e. The number of hydrogen-bond acceptors (Lipinski definition) is 3. The van der Waals surface area contributed by atoms with Crippen LogP contribution in [0.2, 0.25) is 0 Å². The molecule has 78 valence electrons. The van der Waals surface area contributed by atoms with Crippen molar-refractivity contribution in [2.45, 2.75) is 13.8 Å². The minimum Gasteiger partial charge on any atom is -0.381 e. The van der Waals surface area contributed by atoms with Crippen LogP contribution in [0.25, 0.3) is 11.3 Å². The van der Waals surface area contributed by atoms with Gasteiger partial charge in [0.05, 0.1) is 0 Å². The first-order chi connectivity index (χ1) is 7.31. The average Bonchev–Trinajstić information content (AvgIpc) is 2.66. The van der Waals surface area contributed by atoms with Gasteiger partial charge in [0.2, 0.25) is 0 Å². The minimum atomic E-state index is 0.861. The molecule has 1 N–H and O–H groups in total. The van der Waals surface area contributed by atoms with Crippen molar-refractivity contribution in [3.63, 3.8) is 0 Å². The molecule has 0 spiro atoms. The summed E-state index contributed by atoms with van der Waals surface area (Å²) in [6.07, 6.45) is 1.64. The summed E-state index contributed by atoms with van der Waals surface area (Å²) in [6, 6.07) is 8.22. The van der Waals surface area contributed by atoms with E-state index < -0.39 is 0 Å². The van der Waals surface area contributed by atoms with E-state index in [1.807, 2.05) is 19.1 Å². The molecule has 1 heterocycles. The van der Waals surface area contributed by atoms with Gasteiger partial charge in [-0.3, -0.25) is 0 Å². The molecular weight excluding hydrogens is 188 g/mol. The summed E-state index contributed by atoms with van der Waals surface area (Å²) in [7, 11) is 0. The van der Waals surface area contributed by atoms with E-state index in [0.717, 1.165) is 23.5 Å². The van der Waals surface area contributed by atoms with E-state index >= 15 is 0 Å². The highest BCUT2D eigenvalue weighted by atomic mass is 16.5. The van der Waals surface area contributed by atoms with Crippen molar-refractivity contribution in [3.05, 3.63) is 36.1 Å². The normalized spacial score (nSPS) is 10.3. The van der Waals surface area contributed by atoms with E-state index in [0.29, 0.717) is 0 Å². The van der Waals surface area contributed by atoms with Gasteiger partial charge in [0.15, 0.2) is 0 Å². The molecule has 1 aromatic heterocycles. The molecule has 0 saturated carbocycles. The van der Waals surface area contributed by atoms with E-state index in [9.17, 15) is 0 Å². The molecule has 0 fully saturated rings. The van der Waals surface area contributed by atoms with Crippen molar-refractivity contribution in [2.75, 3.05) is 11.9 Å². The summed E-state index contributed by atoms with van der Waals surface area (Å²) >= 11 is 0. The molecule has 0 aliphatic rings. The number of rotatable bonds is 3. The van der Waals surface area contributed by atoms with E-state index in [1.165, 1.54) is 5.56 Å². The molecule has 0 radical (unpaired) electrons. The maximum Gasteiger partial charge on any atom is 0.147 e. The Bertz CT molecular complexity index is 448. The molecule has 2 rings (SSSR count). The zero-order valence-corrected chi connectivity index (χ0v) is 8.95. The highest BCUT2D eigenvalue weighted by Crippen LogP contribution is 2.26. The molecule has 3 nitrogen and oxygen atoms in total. The van der Waals surface area contributed by atoms with Crippen LogP contribution in [0, 0.1) is 6.92 Å². The second kappa shape index (κ2) is 4.17. The quantitative estimate of drug-likeness (QED) is 0.831. The predicted molar refractivity (Wildman–Crippen MR) is 60.8 cm³/mol. The number of aromatic nitrogens is 1. The van der Waals surface area contributed by atoms with Crippen LogP contribution in [0.15, 0.2) is 35.1 Å². The van der Waals surface area contributed by atoms with E-state index in [2.05, 4.69) is 29.5 Å². The lowest BCUT2D eigenvalue weighted by Gasteiger charge is -2.02. The Morgan fingerprint density at radius 3 is 3.00 bits per heavy atom. The van der Waals surface area contributed by atoms with E-state index in [-0.39, 0.29) is 0 Å². The van der Waals surface area contributed by atoms with Crippen LogP contribution >= 0.6 is 0 Å². The third-order valence-electron chi connectivity index (χ3n) is 2.23. The number of hydrogen-bond donors (Lipinski definition) is 1. The van der Waals surface area contributed by atoms with Crippen LogP contribution < -0.4 is 5.32 Å². The van der Waals surface area contributed by atoms with Gasteiger partial charge >= 0.3 is 0 Å². The fourth-order valence-corrected chi connectivity index (χ4v) is 1.55. The van der Waals surface area contributed by atoms with Crippen LogP contribution in [-0.4, -0.2) is 11.7 Å². The molecule has 0 atom stereocenters. The van der Waals surface area contributed by atoms with Gasteiger partial charge in [-0.15, -0.1) is 0 Å². The number of nitrogens with one attached hydrogen (secondary N) is 1. The number of aryl methyl sites for hydroxylation is 1. The summed E-state index contributed by atoms with van der Waals surface area (Å²) < 4.78 is 4.98. The lowest BCUT2D eigenvalue weighted by atomic mass is 10.1. The Balaban J connectivity index is 2.40. The standard InChI is InChI=1S/C12H14N2O/c1-3-13-11-8-15-14-12(11)10-6-4-5-9(2)7-10/h4-8,13H,3H2,1-2H3. The monoisotopic (exact) mass is 202 g/mol. The zero-order valence-electron chi connectivity index (χ0n) is 8.95. The molecule has 0 aliphatic heterocycles. The average molecular weight is 202 g/mol. The Morgan fingerprint density at radius 1 is 1.40 bits per heavy atom. The summed E-state index contributed by atoms with van der Waals surface area (Å²) in [5.41, 5.74) is 4.13. The summed E-state index contributed by atoms with van der Waals surface area (Å²) in [5.74, 6) is 0. The predicted octanol–water partition coefficient (Wildman–Crippen LogP) is 3.08. The Hall–Kier alpha value is -1.77. The first-order valence-electron chi connectivity index (χ1n) is 5.06. The lowest BCUT2D eigenvalue weighted by Crippen LogP contribution is -1.96. The van der Waals surface area contributed by atoms with Crippen molar-refractivity contribution < 1.29 is 4.52 Å². The van der Waals surface area contributed by atoms with Crippen molar-refractivity contribution in [1.82, 2.24) is 5.16 Å². The largest absolute Gasteiger partial charge is 0.381 e. The fourth-order valence-electron chi connectivity index (χ4n) is 1.55. The second-order valence-electron chi connectivity index (χ2n) is 3.48. The molecule has 0 saturated heterocycles. The van der Waals surface area contributed by atoms with Gasteiger partial charge in [0, 0.05) is 12.1 Å². The van der Waals surface area contributed by atoms with Gasteiger partial charge in [-0.2, -0.15) is 0 Å². The minimum absolute atomic E-state index is 0.861. The molecule has 0 aliphatic carbocycles. The molecule has 1 aromatic carbocycles. The van der Waals surface area contributed by atoms with E-state index in [1.54, 1.807) is 6.26 Å². The van der Waals surface area contributed by atoms with Gasteiger partial charge in [0.25, 0.3) is 0 Å². The third kappa shape index (κ3) is 2.01. The Labute approximate surface area is 89.1 Å². The maximum absolute atomic E-state index is 4.98. The topological polar surface area (TPSA) is 38.1 Å². The molecule has 0 bridgehead atoms.